The Morgan fingerprint density at radius 2 is 1.84 bits per heavy atom. The number of aliphatic hydroxyl groups excluding tert-OH is 1. The lowest BCUT2D eigenvalue weighted by Gasteiger charge is -2.42. The number of nitrogens with zero attached hydrogens (tertiary/aromatic N) is 1. The number of hydrogen-bond acceptors (Lipinski definition) is 7. The van der Waals surface area contributed by atoms with Gasteiger partial charge in [0.15, 0.2) is 11.6 Å². The number of carbonyl (C=O) groups is 4. The molecule has 1 aliphatic heterocycles. The van der Waals surface area contributed by atoms with Crippen molar-refractivity contribution in [2.45, 2.75) is 32.2 Å². The third-order valence-electron chi connectivity index (χ3n) is 8.12. The Balaban J connectivity index is 1.41. The van der Waals surface area contributed by atoms with E-state index in [1.54, 1.807) is 19.1 Å². The highest BCUT2D eigenvalue weighted by atomic mass is 32.1. The van der Waals surface area contributed by atoms with Gasteiger partial charge in [0.1, 0.15) is 12.4 Å². The molecule has 2 aromatic rings. The maximum atomic E-state index is 13.8. The molecule has 8 heteroatoms. The largest absolute Gasteiger partial charge is 0.491 e. The molecule has 1 aromatic carbocycles. The molecule has 0 radical (unpaired) electrons. The predicted octanol–water partition coefficient (Wildman–Crippen LogP) is 3.75. The van der Waals surface area contributed by atoms with Crippen LogP contribution in [0.4, 0.5) is 0 Å². The number of amides is 2. The Labute approximate surface area is 224 Å². The lowest BCUT2D eigenvalue weighted by atomic mass is 9.59. The second-order valence-corrected chi connectivity index (χ2v) is 11.2. The van der Waals surface area contributed by atoms with E-state index in [2.05, 4.69) is 0 Å². The molecule has 194 valence electrons. The molecular weight excluding hydrogens is 502 g/mol. The second kappa shape index (κ2) is 9.60. The molecule has 4 unspecified atom stereocenters. The van der Waals surface area contributed by atoms with Gasteiger partial charge in [0.2, 0.25) is 11.8 Å². The Kier molecular flexibility index (Phi) is 6.24. The van der Waals surface area contributed by atoms with E-state index in [-0.39, 0.29) is 55.5 Å². The summed E-state index contributed by atoms with van der Waals surface area (Å²) in [4.78, 5) is 56.1. The first-order valence-electron chi connectivity index (χ1n) is 12.8. The third-order valence-corrected chi connectivity index (χ3v) is 8.98. The van der Waals surface area contributed by atoms with Gasteiger partial charge in [0, 0.05) is 27.5 Å². The van der Waals surface area contributed by atoms with Crippen LogP contribution >= 0.6 is 11.3 Å². The minimum Gasteiger partial charge on any atom is -0.491 e. The number of Topliss-reactive ketones (excluding diaryl/α,β-unsaturated/α-hetero) is 1. The number of thiophene rings is 1. The number of carbonyl (C=O) groups excluding carboxylic acids is 4. The van der Waals surface area contributed by atoms with Gasteiger partial charge >= 0.3 is 0 Å². The highest BCUT2D eigenvalue weighted by molar-refractivity contribution is 7.09. The zero-order chi connectivity index (χ0) is 26.6. The maximum Gasteiger partial charge on any atom is 0.234 e. The maximum absolute atomic E-state index is 13.8. The van der Waals surface area contributed by atoms with Crippen molar-refractivity contribution in [3.63, 3.8) is 0 Å². The van der Waals surface area contributed by atoms with E-state index in [0.717, 1.165) is 16.0 Å². The predicted molar refractivity (Wildman–Crippen MR) is 140 cm³/mol. The Bertz CT molecular complexity index is 1430. The third kappa shape index (κ3) is 3.90. The number of allylic oxidation sites excluding steroid dienone is 6. The number of imide groups is 1. The number of ether oxygens (including phenoxy) is 1. The Morgan fingerprint density at radius 3 is 2.55 bits per heavy atom. The molecule has 1 aromatic heterocycles. The average molecular weight is 530 g/mol. The van der Waals surface area contributed by atoms with Crippen molar-refractivity contribution < 1.29 is 29.0 Å². The summed E-state index contributed by atoms with van der Waals surface area (Å²) < 4.78 is 5.51. The first-order valence-corrected chi connectivity index (χ1v) is 13.7. The van der Waals surface area contributed by atoms with Crippen LogP contribution in [0.2, 0.25) is 0 Å². The summed E-state index contributed by atoms with van der Waals surface area (Å²) >= 11 is 1.51. The van der Waals surface area contributed by atoms with Gasteiger partial charge in [-0.2, -0.15) is 0 Å². The Morgan fingerprint density at radius 1 is 1.05 bits per heavy atom. The van der Waals surface area contributed by atoms with Gasteiger partial charge in [-0.05, 0) is 60.9 Å². The number of aliphatic hydroxyl groups is 1. The number of hydrogen-bond donors (Lipinski definition) is 1. The summed E-state index contributed by atoms with van der Waals surface area (Å²) in [6.07, 6.45) is 4.14. The summed E-state index contributed by atoms with van der Waals surface area (Å²) in [6.45, 7) is 1.98. The van der Waals surface area contributed by atoms with Crippen molar-refractivity contribution >= 4 is 34.7 Å². The van der Waals surface area contributed by atoms with Crippen LogP contribution in [0.3, 0.4) is 0 Å². The van der Waals surface area contributed by atoms with E-state index in [9.17, 15) is 19.2 Å². The van der Waals surface area contributed by atoms with Crippen LogP contribution in [0.1, 0.15) is 36.1 Å². The van der Waals surface area contributed by atoms with Crippen LogP contribution < -0.4 is 4.74 Å². The molecule has 2 heterocycles. The monoisotopic (exact) mass is 529 g/mol. The van der Waals surface area contributed by atoms with Gasteiger partial charge in [-0.15, -0.1) is 11.3 Å². The van der Waals surface area contributed by atoms with Gasteiger partial charge in [-0.1, -0.05) is 29.8 Å². The van der Waals surface area contributed by atoms with Gasteiger partial charge < -0.3 is 9.84 Å². The molecule has 1 N–H and O–H groups in total. The molecule has 1 fully saturated rings. The first kappa shape index (κ1) is 24.7. The fourth-order valence-electron chi connectivity index (χ4n) is 6.46. The molecule has 0 spiro atoms. The molecule has 6 rings (SSSR count). The molecule has 4 atom stereocenters. The van der Waals surface area contributed by atoms with Crippen molar-refractivity contribution in [2.75, 3.05) is 13.2 Å². The van der Waals surface area contributed by atoms with Crippen molar-refractivity contribution in [3.05, 3.63) is 86.7 Å². The van der Waals surface area contributed by atoms with Crippen LogP contribution in [0.25, 0.3) is 0 Å². The second-order valence-electron chi connectivity index (χ2n) is 10.2. The number of rotatable bonds is 6. The number of ketones is 2. The van der Waals surface area contributed by atoms with Crippen molar-refractivity contribution in [1.82, 2.24) is 4.90 Å². The van der Waals surface area contributed by atoms with E-state index in [1.807, 2.05) is 35.7 Å². The van der Waals surface area contributed by atoms with Crippen LogP contribution in [-0.4, -0.2) is 46.6 Å². The number of fused-ring (bicyclic) bond motifs is 3. The molecule has 38 heavy (non-hydrogen) atoms. The van der Waals surface area contributed by atoms with Crippen LogP contribution in [0, 0.1) is 17.8 Å². The molecule has 7 nitrogen and oxygen atoms in total. The van der Waals surface area contributed by atoms with Gasteiger partial charge in [-0.3, -0.25) is 24.1 Å². The molecular formula is C30H27NO6S. The zero-order valence-corrected chi connectivity index (χ0v) is 21.7. The van der Waals surface area contributed by atoms with Crippen molar-refractivity contribution in [1.29, 1.82) is 0 Å². The van der Waals surface area contributed by atoms with E-state index in [4.69, 9.17) is 9.84 Å². The number of likely N-dealkylation sites (tertiary alicyclic amines) is 1. The van der Waals surface area contributed by atoms with Gasteiger partial charge in [0.25, 0.3) is 0 Å². The lowest BCUT2D eigenvalue weighted by Crippen LogP contribution is -2.39. The topological polar surface area (TPSA) is 101 Å². The standard InChI is InChI=1S/C30H27NO6S/c1-16-13-24(33)27-23(28(16)34)14-22-20(25(27)17-4-6-18(7-5-17)37-11-10-32)8-9-21-26(22)30(36)31(29(21)35)15-19-3-2-12-38-19/h2-8,12-13,21-22,25-26,32H,9-11,14-15H2,1H3. The fraction of sp³-hybridized carbons (Fsp3) is 0.333. The minimum atomic E-state index is -0.555. The van der Waals surface area contributed by atoms with E-state index >= 15 is 0 Å². The molecule has 2 amide bonds. The van der Waals surface area contributed by atoms with Crippen LogP contribution in [0.15, 0.2) is 76.2 Å². The molecule has 0 bridgehead atoms. The highest BCUT2D eigenvalue weighted by Crippen LogP contribution is 2.55. The smallest absolute Gasteiger partial charge is 0.234 e. The first-order chi connectivity index (χ1) is 18.4. The van der Waals surface area contributed by atoms with Gasteiger partial charge in [0.05, 0.1) is 25.0 Å². The van der Waals surface area contributed by atoms with E-state index in [1.165, 1.54) is 22.3 Å². The minimum absolute atomic E-state index is 0.101. The highest BCUT2D eigenvalue weighted by Gasteiger charge is 2.56. The quantitative estimate of drug-likeness (QED) is 0.348. The number of benzene rings is 1. The zero-order valence-electron chi connectivity index (χ0n) is 20.9. The average Bonchev–Trinajstić information content (AvgIpc) is 3.52. The summed E-state index contributed by atoms with van der Waals surface area (Å²) in [5.41, 5.74) is 3.08. The van der Waals surface area contributed by atoms with Crippen molar-refractivity contribution in [3.8, 4) is 5.75 Å². The Hall–Kier alpha value is -3.62. The molecule has 1 saturated heterocycles. The van der Waals surface area contributed by atoms with Crippen LogP contribution in [0.5, 0.6) is 5.75 Å². The summed E-state index contributed by atoms with van der Waals surface area (Å²) in [7, 11) is 0. The van der Waals surface area contributed by atoms with Crippen molar-refractivity contribution in [2.24, 2.45) is 17.8 Å². The summed E-state index contributed by atoms with van der Waals surface area (Å²) in [6, 6.07) is 11.1. The summed E-state index contributed by atoms with van der Waals surface area (Å²) in [5.74, 6) is -1.95. The van der Waals surface area contributed by atoms with E-state index < -0.39 is 17.8 Å². The summed E-state index contributed by atoms with van der Waals surface area (Å²) in [5, 5.41) is 11.0. The molecule has 0 saturated carbocycles. The lowest BCUT2D eigenvalue weighted by molar-refractivity contribution is -0.140. The fourth-order valence-corrected chi connectivity index (χ4v) is 7.15. The van der Waals surface area contributed by atoms with Gasteiger partial charge in [-0.25, -0.2) is 0 Å². The SMILES string of the molecule is CC1=CC(=O)C2=C(CC3C(=CCC4C(=O)N(Cc5cccs5)C(=O)C43)C2c2ccc(OCCO)cc2)C1=O. The normalized spacial score (nSPS) is 26.6. The molecule has 3 aliphatic carbocycles. The molecule has 4 aliphatic rings. The van der Waals surface area contributed by atoms with E-state index in [0.29, 0.717) is 28.9 Å². The van der Waals surface area contributed by atoms with Crippen LogP contribution in [-0.2, 0) is 25.7 Å².